The normalized spacial score (nSPS) is 11.1. The van der Waals surface area contributed by atoms with Gasteiger partial charge in [0.15, 0.2) is 5.65 Å². The van der Waals surface area contributed by atoms with Gasteiger partial charge in [-0.05, 0) is 56.2 Å². The van der Waals surface area contributed by atoms with Crippen LogP contribution in [0.5, 0.6) is 5.75 Å². The van der Waals surface area contributed by atoms with Crippen molar-refractivity contribution >= 4 is 34.1 Å². The SMILES string of the molecule is COc1ccc(C(N)=O)cc1NC(=O)CCc1c(C)nc2c3ccccc3nn2c1C. The molecule has 0 saturated carbocycles. The molecule has 8 heteroatoms. The molecule has 0 spiro atoms. The molecular formula is C23H23N5O3. The van der Waals surface area contributed by atoms with Crippen molar-refractivity contribution in [1.82, 2.24) is 14.6 Å². The fourth-order valence-electron chi connectivity index (χ4n) is 3.75. The molecule has 2 amide bonds. The Kier molecular flexibility index (Phi) is 5.29. The number of aromatic nitrogens is 3. The number of amides is 2. The molecule has 3 N–H and O–H groups in total. The maximum atomic E-state index is 12.6. The van der Waals surface area contributed by atoms with Crippen LogP contribution in [0.4, 0.5) is 5.69 Å². The number of methoxy groups -OCH3 is 1. The largest absolute Gasteiger partial charge is 0.495 e. The highest BCUT2D eigenvalue weighted by Crippen LogP contribution is 2.26. The zero-order chi connectivity index (χ0) is 22.1. The van der Waals surface area contributed by atoms with E-state index in [-0.39, 0.29) is 12.3 Å². The number of rotatable bonds is 6. The zero-order valence-electron chi connectivity index (χ0n) is 17.6. The third-order valence-electron chi connectivity index (χ3n) is 5.38. The number of nitrogens with zero attached hydrogens (tertiary/aromatic N) is 3. The predicted molar refractivity (Wildman–Crippen MR) is 118 cm³/mol. The Balaban J connectivity index is 1.57. The van der Waals surface area contributed by atoms with Gasteiger partial charge in [-0.25, -0.2) is 9.50 Å². The molecule has 8 nitrogen and oxygen atoms in total. The topological polar surface area (TPSA) is 112 Å². The lowest BCUT2D eigenvalue weighted by Gasteiger charge is -2.13. The lowest BCUT2D eigenvalue weighted by Crippen LogP contribution is -2.16. The van der Waals surface area contributed by atoms with Gasteiger partial charge in [0, 0.05) is 28.8 Å². The molecule has 2 heterocycles. The Labute approximate surface area is 179 Å². The van der Waals surface area contributed by atoms with Gasteiger partial charge >= 0.3 is 0 Å². The highest BCUT2D eigenvalue weighted by molar-refractivity contribution is 5.97. The molecule has 0 aliphatic heterocycles. The predicted octanol–water partition coefficient (Wildman–Crippen LogP) is 3.18. The summed E-state index contributed by atoms with van der Waals surface area (Å²) < 4.78 is 7.11. The van der Waals surface area contributed by atoms with Gasteiger partial charge in [-0.1, -0.05) is 12.1 Å². The molecule has 0 aliphatic carbocycles. The number of fused-ring (bicyclic) bond motifs is 3. The maximum Gasteiger partial charge on any atom is 0.248 e. The second kappa shape index (κ2) is 8.06. The first-order chi connectivity index (χ1) is 14.9. The van der Waals surface area contributed by atoms with Crippen LogP contribution in [0.2, 0.25) is 0 Å². The van der Waals surface area contributed by atoms with Crippen molar-refractivity contribution in [1.29, 1.82) is 0 Å². The number of hydrogen-bond donors (Lipinski definition) is 2. The van der Waals surface area contributed by atoms with E-state index in [4.69, 9.17) is 15.5 Å². The van der Waals surface area contributed by atoms with Crippen molar-refractivity contribution in [2.45, 2.75) is 26.7 Å². The average Bonchev–Trinajstić information content (AvgIpc) is 3.12. The summed E-state index contributed by atoms with van der Waals surface area (Å²) in [6.45, 7) is 3.93. The lowest BCUT2D eigenvalue weighted by molar-refractivity contribution is -0.116. The van der Waals surface area contributed by atoms with Gasteiger partial charge in [-0.15, -0.1) is 0 Å². The monoisotopic (exact) mass is 417 g/mol. The van der Waals surface area contributed by atoms with Crippen LogP contribution in [0.25, 0.3) is 16.6 Å². The molecule has 0 radical (unpaired) electrons. The van der Waals surface area contributed by atoms with Crippen LogP contribution >= 0.6 is 0 Å². The summed E-state index contributed by atoms with van der Waals surface area (Å²) in [5, 5.41) is 8.46. The Morgan fingerprint density at radius 3 is 2.68 bits per heavy atom. The number of aryl methyl sites for hydroxylation is 2. The summed E-state index contributed by atoms with van der Waals surface area (Å²) in [6.07, 6.45) is 0.736. The van der Waals surface area contributed by atoms with E-state index in [1.54, 1.807) is 12.1 Å². The van der Waals surface area contributed by atoms with Crippen LogP contribution in [-0.2, 0) is 11.2 Å². The smallest absolute Gasteiger partial charge is 0.248 e. The van der Waals surface area contributed by atoms with Crippen LogP contribution in [-0.4, -0.2) is 33.5 Å². The van der Waals surface area contributed by atoms with Gasteiger partial charge in [0.05, 0.1) is 18.3 Å². The Morgan fingerprint density at radius 2 is 1.94 bits per heavy atom. The molecule has 4 rings (SSSR count). The van der Waals surface area contributed by atoms with Crippen molar-refractivity contribution < 1.29 is 14.3 Å². The Hall–Kier alpha value is -3.94. The molecule has 0 atom stereocenters. The number of ether oxygens (including phenoxy) is 1. The van der Waals surface area contributed by atoms with Gasteiger partial charge in [-0.2, -0.15) is 5.10 Å². The average molecular weight is 417 g/mol. The van der Waals surface area contributed by atoms with E-state index >= 15 is 0 Å². The minimum Gasteiger partial charge on any atom is -0.495 e. The summed E-state index contributed by atoms with van der Waals surface area (Å²) in [7, 11) is 1.50. The summed E-state index contributed by atoms with van der Waals surface area (Å²) in [4.78, 5) is 28.8. The van der Waals surface area contributed by atoms with Crippen LogP contribution in [0.3, 0.4) is 0 Å². The van der Waals surface area contributed by atoms with Crippen LogP contribution in [0.15, 0.2) is 42.5 Å². The van der Waals surface area contributed by atoms with Crippen LogP contribution in [0, 0.1) is 13.8 Å². The molecule has 31 heavy (non-hydrogen) atoms. The number of anilines is 1. The molecular weight excluding hydrogens is 394 g/mol. The third kappa shape index (κ3) is 3.79. The van der Waals surface area contributed by atoms with Gasteiger partial charge in [0.2, 0.25) is 11.8 Å². The highest BCUT2D eigenvalue weighted by atomic mass is 16.5. The van der Waals surface area contributed by atoms with E-state index in [9.17, 15) is 9.59 Å². The fourth-order valence-corrected chi connectivity index (χ4v) is 3.75. The molecule has 2 aromatic carbocycles. The van der Waals surface area contributed by atoms with Crippen molar-refractivity contribution in [2.75, 3.05) is 12.4 Å². The molecule has 0 saturated heterocycles. The Morgan fingerprint density at radius 1 is 1.16 bits per heavy atom. The number of carbonyl (C=O) groups is 2. The Bertz CT molecular complexity index is 1330. The first-order valence-electron chi connectivity index (χ1n) is 9.90. The van der Waals surface area contributed by atoms with Crippen LogP contribution in [0.1, 0.15) is 33.7 Å². The number of nitrogens with two attached hydrogens (primary N) is 1. The summed E-state index contributed by atoms with van der Waals surface area (Å²) in [6, 6.07) is 12.5. The highest BCUT2D eigenvalue weighted by Gasteiger charge is 2.16. The standard InChI is InChI=1S/C23H23N5O3/c1-13-16(14(2)28-23(25-13)17-6-4-5-7-18(17)27-28)9-11-21(29)26-19-12-15(22(24)30)8-10-20(19)31-3/h4-8,10,12H,9,11H2,1-3H3,(H2,24,30)(H,26,29). The fraction of sp³-hybridized carbons (Fsp3) is 0.217. The second-order valence-electron chi connectivity index (χ2n) is 7.34. The van der Waals surface area contributed by atoms with Gasteiger partial charge < -0.3 is 15.8 Å². The number of benzene rings is 2. The van der Waals surface area contributed by atoms with Crippen LogP contribution < -0.4 is 15.8 Å². The molecule has 0 fully saturated rings. The quantitative estimate of drug-likeness (QED) is 0.500. The van der Waals surface area contributed by atoms with Crippen molar-refractivity contribution in [3.63, 3.8) is 0 Å². The number of nitrogens with one attached hydrogen (secondary N) is 1. The zero-order valence-corrected chi connectivity index (χ0v) is 17.6. The van der Waals surface area contributed by atoms with Crippen molar-refractivity contribution in [3.8, 4) is 5.75 Å². The minimum atomic E-state index is -0.574. The second-order valence-corrected chi connectivity index (χ2v) is 7.34. The molecule has 0 bridgehead atoms. The molecule has 2 aromatic heterocycles. The van der Waals surface area contributed by atoms with Crippen molar-refractivity contribution in [3.05, 3.63) is 65.0 Å². The van der Waals surface area contributed by atoms with Gasteiger partial charge in [-0.3, -0.25) is 9.59 Å². The van der Waals surface area contributed by atoms with E-state index in [0.29, 0.717) is 23.4 Å². The lowest BCUT2D eigenvalue weighted by atomic mass is 10.1. The van der Waals surface area contributed by atoms with Gasteiger partial charge in [0.25, 0.3) is 0 Å². The van der Waals surface area contributed by atoms with E-state index in [0.717, 1.165) is 33.5 Å². The molecule has 0 unspecified atom stereocenters. The molecule has 4 aromatic rings. The first-order valence-corrected chi connectivity index (χ1v) is 9.90. The maximum absolute atomic E-state index is 12.6. The van der Waals surface area contributed by atoms with E-state index in [1.165, 1.54) is 13.2 Å². The molecule has 158 valence electrons. The number of hydrogen-bond acceptors (Lipinski definition) is 5. The van der Waals surface area contributed by atoms with E-state index in [1.807, 2.05) is 42.6 Å². The third-order valence-corrected chi connectivity index (χ3v) is 5.38. The van der Waals surface area contributed by atoms with E-state index < -0.39 is 5.91 Å². The summed E-state index contributed by atoms with van der Waals surface area (Å²) in [5.41, 5.74) is 10.5. The van der Waals surface area contributed by atoms with Crippen molar-refractivity contribution in [2.24, 2.45) is 5.73 Å². The minimum absolute atomic E-state index is 0.204. The number of carbonyl (C=O) groups excluding carboxylic acids is 2. The number of primary amides is 1. The first kappa shape index (κ1) is 20.3. The summed E-state index contributed by atoms with van der Waals surface area (Å²) in [5.74, 6) is -0.322. The van der Waals surface area contributed by atoms with Gasteiger partial charge in [0.1, 0.15) is 5.75 Å². The van der Waals surface area contributed by atoms with E-state index in [2.05, 4.69) is 10.4 Å². The summed E-state index contributed by atoms with van der Waals surface area (Å²) >= 11 is 0. The molecule has 0 aliphatic rings.